The highest BCUT2D eigenvalue weighted by Crippen LogP contribution is 2.18. The number of ether oxygens (including phenoxy) is 1. The Morgan fingerprint density at radius 1 is 1.47 bits per heavy atom. The summed E-state index contributed by atoms with van der Waals surface area (Å²) in [4.78, 5) is 11.2. The van der Waals surface area contributed by atoms with Gasteiger partial charge in [-0.1, -0.05) is 18.2 Å². The third-order valence-electron chi connectivity index (χ3n) is 2.69. The van der Waals surface area contributed by atoms with Crippen molar-refractivity contribution in [3.63, 3.8) is 0 Å². The van der Waals surface area contributed by atoms with Crippen LogP contribution in [0.1, 0.15) is 16.7 Å². The predicted octanol–water partition coefficient (Wildman–Crippen LogP) is 1.05. The highest BCUT2D eigenvalue weighted by atomic mass is 16.5. The topological polar surface area (TPSA) is 38.3 Å². The van der Waals surface area contributed by atoms with E-state index in [-0.39, 0.29) is 5.91 Å². The molecule has 80 valence electrons. The molecule has 0 saturated heterocycles. The average Bonchev–Trinajstić information content (AvgIpc) is 2.29. The number of rotatable bonds is 2. The van der Waals surface area contributed by atoms with Crippen molar-refractivity contribution in [1.82, 2.24) is 5.32 Å². The first kappa shape index (κ1) is 10.2. The lowest BCUT2D eigenvalue weighted by molar-refractivity contribution is -0.119. The summed E-state index contributed by atoms with van der Waals surface area (Å²) in [6.45, 7) is 1.49. The number of likely N-dealkylation sites (N-methyl/N-ethyl adjacent to an activating group) is 1. The minimum Gasteiger partial charge on any atom is -0.376 e. The lowest BCUT2D eigenvalue weighted by Crippen LogP contribution is -2.20. The van der Waals surface area contributed by atoms with Gasteiger partial charge in [-0.15, -0.1) is 0 Å². The minimum absolute atomic E-state index is 0.0574. The Labute approximate surface area is 89.4 Å². The minimum atomic E-state index is 0.0574. The molecule has 1 N–H and O–H groups in total. The Balaban J connectivity index is 2.17. The molecule has 0 unspecified atom stereocenters. The fourth-order valence-electron chi connectivity index (χ4n) is 1.80. The van der Waals surface area contributed by atoms with Gasteiger partial charge in [-0.05, 0) is 23.1 Å². The maximum atomic E-state index is 11.2. The number of nitrogens with one attached hydrogen (secondary N) is 1. The summed E-state index contributed by atoms with van der Waals surface area (Å²) in [6, 6.07) is 6.18. The summed E-state index contributed by atoms with van der Waals surface area (Å²) in [5.41, 5.74) is 3.65. The smallest absolute Gasteiger partial charge is 0.224 e. The third kappa shape index (κ3) is 2.36. The van der Waals surface area contributed by atoms with Crippen LogP contribution >= 0.6 is 0 Å². The van der Waals surface area contributed by atoms with Crippen LogP contribution in [0, 0.1) is 0 Å². The van der Waals surface area contributed by atoms with Gasteiger partial charge in [0, 0.05) is 7.05 Å². The third-order valence-corrected chi connectivity index (χ3v) is 2.69. The molecule has 2 rings (SSSR count). The molecule has 0 radical (unpaired) electrons. The zero-order valence-corrected chi connectivity index (χ0v) is 8.88. The van der Waals surface area contributed by atoms with Crippen LogP contribution in [-0.2, 0) is 29.0 Å². The van der Waals surface area contributed by atoms with Crippen molar-refractivity contribution in [2.24, 2.45) is 0 Å². The molecule has 1 aliphatic rings. The predicted molar refractivity (Wildman–Crippen MR) is 57.6 cm³/mol. The standard InChI is InChI=1S/C12H15NO2/c1-13-12(14)7-9-2-3-11-8-15-5-4-10(11)6-9/h2-3,6H,4-5,7-8H2,1H3,(H,13,14). The Morgan fingerprint density at radius 3 is 3.13 bits per heavy atom. The summed E-state index contributed by atoms with van der Waals surface area (Å²) in [5.74, 6) is 0.0574. The summed E-state index contributed by atoms with van der Waals surface area (Å²) in [7, 11) is 1.66. The molecular weight excluding hydrogens is 190 g/mol. The average molecular weight is 205 g/mol. The van der Waals surface area contributed by atoms with Crippen LogP contribution in [0.2, 0.25) is 0 Å². The van der Waals surface area contributed by atoms with Crippen LogP contribution in [0.3, 0.4) is 0 Å². The van der Waals surface area contributed by atoms with Crippen molar-refractivity contribution in [2.75, 3.05) is 13.7 Å². The van der Waals surface area contributed by atoms with E-state index >= 15 is 0 Å². The molecule has 0 saturated carbocycles. The van der Waals surface area contributed by atoms with Crippen LogP contribution in [0.4, 0.5) is 0 Å². The maximum Gasteiger partial charge on any atom is 0.224 e. The van der Waals surface area contributed by atoms with Crippen molar-refractivity contribution in [2.45, 2.75) is 19.4 Å². The normalized spacial score (nSPS) is 14.5. The number of fused-ring (bicyclic) bond motifs is 1. The molecule has 15 heavy (non-hydrogen) atoms. The molecule has 0 fully saturated rings. The van der Waals surface area contributed by atoms with Gasteiger partial charge in [0.05, 0.1) is 19.6 Å². The number of benzene rings is 1. The fourth-order valence-corrected chi connectivity index (χ4v) is 1.80. The molecule has 1 aromatic rings. The number of carbonyl (C=O) groups excluding carboxylic acids is 1. The van der Waals surface area contributed by atoms with E-state index in [0.29, 0.717) is 13.0 Å². The molecule has 0 atom stereocenters. The quantitative estimate of drug-likeness (QED) is 0.783. The van der Waals surface area contributed by atoms with Gasteiger partial charge in [0.25, 0.3) is 0 Å². The summed E-state index contributed by atoms with van der Waals surface area (Å²) in [5, 5.41) is 2.63. The van der Waals surface area contributed by atoms with Crippen molar-refractivity contribution < 1.29 is 9.53 Å². The first-order chi connectivity index (χ1) is 7.29. The van der Waals surface area contributed by atoms with E-state index in [0.717, 1.165) is 18.6 Å². The second-order valence-electron chi connectivity index (χ2n) is 3.76. The van der Waals surface area contributed by atoms with E-state index in [1.165, 1.54) is 11.1 Å². The molecule has 0 aromatic heterocycles. The highest BCUT2D eigenvalue weighted by molar-refractivity contribution is 5.78. The number of carbonyl (C=O) groups is 1. The zero-order valence-electron chi connectivity index (χ0n) is 8.88. The largest absolute Gasteiger partial charge is 0.376 e. The first-order valence-corrected chi connectivity index (χ1v) is 5.18. The molecule has 0 bridgehead atoms. The van der Waals surface area contributed by atoms with Gasteiger partial charge in [0.15, 0.2) is 0 Å². The molecule has 1 aliphatic heterocycles. The molecular formula is C12H15NO2. The second kappa shape index (κ2) is 4.45. The number of hydrogen-bond acceptors (Lipinski definition) is 2. The monoisotopic (exact) mass is 205 g/mol. The fraction of sp³-hybridized carbons (Fsp3) is 0.417. The Bertz CT molecular complexity index is 374. The second-order valence-corrected chi connectivity index (χ2v) is 3.76. The Hall–Kier alpha value is -1.35. The molecule has 3 nitrogen and oxygen atoms in total. The van der Waals surface area contributed by atoms with Gasteiger partial charge in [-0.25, -0.2) is 0 Å². The van der Waals surface area contributed by atoms with Gasteiger partial charge in [-0.2, -0.15) is 0 Å². The molecule has 3 heteroatoms. The van der Waals surface area contributed by atoms with Gasteiger partial charge in [0.1, 0.15) is 0 Å². The Kier molecular flexibility index (Phi) is 3.02. The Morgan fingerprint density at radius 2 is 2.33 bits per heavy atom. The van der Waals surface area contributed by atoms with E-state index in [4.69, 9.17) is 4.74 Å². The van der Waals surface area contributed by atoms with Gasteiger partial charge >= 0.3 is 0 Å². The van der Waals surface area contributed by atoms with Crippen molar-refractivity contribution in [3.05, 3.63) is 34.9 Å². The van der Waals surface area contributed by atoms with Crippen LogP contribution in [0.5, 0.6) is 0 Å². The summed E-state index contributed by atoms with van der Waals surface area (Å²) >= 11 is 0. The maximum absolute atomic E-state index is 11.2. The van der Waals surface area contributed by atoms with E-state index in [9.17, 15) is 4.79 Å². The lowest BCUT2D eigenvalue weighted by atomic mass is 9.99. The van der Waals surface area contributed by atoms with E-state index in [1.54, 1.807) is 7.05 Å². The molecule has 1 aromatic carbocycles. The molecule has 0 aliphatic carbocycles. The van der Waals surface area contributed by atoms with Crippen molar-refractivity contribution in [3.8, 4) is 0 Å². The number of hydrogen-bond donors (Lipinski definition) is 1. The zero-order chi connectivity index (χ0) is 10.7. The summed E-state index contributed by atoms with van der Waals surface area (Å²) < 4.78 is 5.36. The SMILES string of the molecule is CNC(=O)Cc1ccc2c(c1)CCOC2. The van der Waals surface area contributed by atoms with Gasteiger partial charge in [-0.3, -0.25) is 4.79 Å². The number of amides is 1. The van der Waals surface area contributed by atoms with Crippen LogP contribution in [0.15, 0.2) is 18.2 Å². The lowest BCUT2D eigenvalue weighted by Gasteiger charge is -2.17. The van der Waals surface area contributed by atoms with E-state index in [1.807, 2.05) is 6.07 Å². The van der Waals surface area contributed by atoms with Crippen molar-refractivity contribution >= 4 is 5.91 Å². The van der Waals surface area contributed by atoms with Crippen molar-refractivity contribution in [1.29, 1.82) is 0 Å². The van der Waals surface area contributed by atoms with E-state index in [2.05, 4.69) is 17.4 Å². The highest BCUT2D eigenvalue weighted by Gasteiger charge is 2.10. The van der Waals surface area contributed by atoms with Gasteiger partial charge < -0.3 is 10.1 Å². The molecule has 0 spiro atoms. The van der Waals surface area contributed by atoms with Crippen LogP contribution in [-0.4, -0.2) is 19.6 Å². The van der Waals surface area contributed by atoms with E-state index < -0.39 is 0 Å². The van der Waals surface area contributed by atoms with Gasteiger partial charge in [0.2, 0.25) is 5.91 Å². The molecule has 1 amide bonds. The van der Waals surface area contributed by atoms with Crippen LogP contribution < -0.4 is 5.32 Å². The first-order valence-electron chi connectivity index (χ1n) is 5.18. The summed E-state index contributed by atoms with van der Waals surface area (Å²) in [6.07, 6.45) is 1.42. The van der Waals surface area contributed by atoms with Crippen LogP contribution in [0.25, 0.3) is 0 Å². The molecule has 1 heterocycles.